The number of esters is 2. The van der Waals surface area contributed by atoms with E-state index in [4.69, 9.17) is 18.9 Å². The van der Waals surface area contributed by atoms with Gasteiger partial charge in [-0.2, -0.15) is 13.2 Å². The molecule has 1 heterocycles. The Hall–Kier alpha value is -2.33. The van der Waals surface area contributed by atoms with Crippen LogP contribution >= 0.6 is 0 Å². The lowest BCUT2D eigenvalue weighted by Crippen LogP contribution is -2.65. The molecule has 1 aromatic carbocycles. The molecular weight excluding hydrogens is 371 g/mol. The highest BCUT2D eigenvalue weighted by Crippen LogP contribution is 2.43. The fourth-order valence-corrected chi connectivity index (χ4v) is 2.59. The molecule has 0 amide bonds. The molecule has 27 heavy (non-hydrogen) atoms. The standard InChI is InChI=1S/C17H20F3NO6/c1-3-25-14(22)11-5-7-12(8-6-11)21-16(17(18,19)20)13(9-24-10-27-16)15(23)26-4-2/h5-8,13,21H,3-4,9-10H2,1-2H3/t13-,16+/m1/s1. The molecule has 1 fully saturated rings. The molecule has 0 bridgehead atoms. The van der Waals surface area contributed by atoms with E-state index in [1.165, 1.54) is 31.2 Å². The minimum absolute atomic E-state index is 0.00317. The van der Waals surface area contributed by atoms with E-state index in [9.17, 15) is 22.8 Å². The summed E-state index contributed by atoms with van der Waals surface area (Å²) < 4.78 is 61.1. The highest BCUT2D eigenvalue weighted by atomic mass is 19.4. The van der Waals surface area contributed by atoms with Gasteiger partial charge < -0.3 is 24.3 Å². The third-order valence-corrected chi connectivity index (χ3v) is 3.86. The lowest BCUT2D eigenvalue weighted by Gasteiger charge is -2.43. The summed E-state index contributed by atoms with van der Waals surface area (Å²) in [7, 11) is 0. The molecule has 0 saturated carbocycles. The molecule has 0 spiro atoms. The summed E-state index contributed by atoms with van der Waals surface area (Å²) in [5.41, 5.74) is -2.85. The number of benzene rings is 1. The van der Waals surface area contributed by atoms with Gasteiger partial charge in [0.05, 0.1) is 25.4 Å². The van der Waals surface area contributed by atoms with Gasteiger partial charge in [-0.3, -0.25) is 4.79 Å². The van der Waals surface area contributed by atoms with E-state index in [0.717, 1.165) is 0 Å². The Morgan fingerprint density at radius 3 is 2.37 bits per heavy atom. The molecule has 10 heteroatoms. The lowest BCUT2D eigenvalue weighted by atomic mass is 9.93. The Morgan fingerprint density at radius 1 is 1.19 bits per heavy atom. The molecule has 1 aromatic rings. The van der Waals surface area contributed by atoms with Crippen LogP contribution in [0.3, 0.4) is 0 Å². The molecule has 2 atom stereocenters. The zero-order valence-electron chi connectivity index (χ0n) is 14.8. The van der Waals surface area contributed by atoms with Crippen molar-refractivity contribution in [2.45, 2.75) is 25.7 Å². The minimum Gasteiger partial charge on any atom is -0.466 e. The Kier molecular flexibility index (Phi) is 6.66. The average molecular weight is 391 g/mol. The van der Waals surface area contributed by atoms with Gasteiger partial charge in [-0.1, -0.05) is 0 Å². The number of nitrogens with one attached hydrogen (secondary N) is 1. The van der Waals surface area contributed by atoms with Gasteiger partial charge in [0.15, 0.2) is 0 Å². The number of rotatable bonds is 6. The van der Waals surface area contributed by atoms with Crippen LogP contribution in [0.25, 0.3) is 0 Å². The number of hydrogen-bond donors (Lipinski definition) is 1. The fourth-order valence-electron chi connectivity index (χ4n) is 2.59. The van der Waals surface area contributed by atoms with Crippen molar-refractivity contribution in [1.82, 2.24) is 0 Å². The first-order valence-corrected chi connectivity index (χ1v) is 8.25. The zero-order valence-corrected chi connectivity index (χ0v) is 14.8. The Morgan fingerprint density at radius 2 is 1.81 bits per heavy atom. The first kappa shape index (κ1) is 21.0. The van der Waals surface area contributed by atoms with Gasteiger partial charge in [0.25, 0.3) is 5.72 Å². The quantitative estimate of drug-likeness (QED) is 0.747. The van der Waals surface area contributed by atoms with Crippen LogP contribution in [0.2, 0.25) is 0 Å². The fraction of sp³-hybridized carbons (Fsp3) is 0.529. The largest absolute Gasteiger partial charge is 0.466 e. The van der Waals surface area contributed by atoms with Crippen LogP contribution in [0.15, 0.2) is 24.3 Å². The van der Waals surface area contributed by atoms with Gasteiger partial charge in [-0.05, 0) is 38.1 Å². The van der Waals surface area contributed by atoms with Crippen molar-refractivity contribution in [3.8, 4) is 0 Å². The van der Waals surface area contributed by atoms with Gasteiger partial charge in [0.2, 0.25) is 0 Å². The van der Waals surface area contributed by atoms with Crippen molar-refractivity contribution in [3.63, 3.8) is 0 Å². The van der Waals surface area contributed by atoms with E-state index in [0.29, 0.717) is 0 Å². The zero-order chi connectivity index (χ0) is 20.1. The number of carbonyl (C=O) groups is 2. The summed E-state index contributed by atoms with van der Waals surface area (Å²) in [6, 6.07) is 5.15. The molecule has 1 aliphatic heterocycles. The van der Waals surface area contributed by atoms with Crippen LogP contribution in [-0.2, 0) is 23.7 Å². The van der Waals surface area contributed by atoms with Gasteiger partial charge in [-0.25, -0.2) is 4.79 Å². The Balaban J connectivity index is 2.33. The predicted molar refractivity (Wildman–Crippen MR) is 86.8 cm³/mol. The van der Waals surface area contributed by atoms with Crippen molar-refractivity contribution in [2.75, 3.05) is 31.9 Å². The number of carbonyl (C=O) groups excluding carboxylic acids is 2. The highest BCUT2D eigenvalue weighted by molar-refractivity contribution is 5.89. The number of hydrogen-bond acceptors (Lipinski definition) is 7. The lowest BCUT2D eigenvalue weighted by molar-refractivity contribution is -0.331. The smallest absolute Gasteiger partial charge is 0.437 e. The van der Waals surface area contributed by atoms with Crippen LogP contribution in [0.1, 0.15) is 24.2 Å². The summed E-state index contributed by atoms with van der Waals surface area (Å²) in [4.78, 5) is 23.7. The molecule has 2 rings (SSSR count). The van der Waals surface area contributed by atoms with E-state index < -0.39 is 43.2 Å². The van der Waals surface area contributed by atoms with Gasteiger partial charge in [0.1, 0.15) is 12.7 Å². The second-order valence-corrected chi connectivity index (χ2v) is 5.59. The summed E-state index contributed by atoms with van der Waals surface area (Å²) >= 11 is 0. The van der Waals surface area contributed by atoms with Crippen molar-refractivity contribution in [1.29, 1.82) is 0 Å². The molecular formula is C17H20F3NO6. The van der Waals surface area contributed by atoms with E-state index in [1.54, 1.807) is 6.92 Å². The molecule has 1 aliphatic rings. The molecule has 1 N–H and O–H groups in total. The number of anilines is 1. The third kappa shape index (κ3) is 4.51. The second kappa shape index (κ2) is 8.57. The summed E-state index contributed by atoms with van der Waals surface area (Å²) in [6.07, 6.45) is -4.95. The van der Waals surface area contributed by atoms with E-state index in [2.05, 4.69) is 5.32 Å². The van der Waals surface area contributed by atoms with Crippen LogP contribution < -0.4 is 5.32 Å². The predicted octanol–water partition coefficient (Wildman–Crippen LogP) is 2.72. The summed E-state index contributed by atoms with van der Waals surface area (Å²) in [6.45, 7) is 2.04. The van der Waals surface area contributed by atoms with Crippen molar-refractivity contribution >= 4 is 17.6 Å². The monoisotopic (exact) mass is 391 g/mol. The van der Waals surface area contributed by atoms with E-state index >= 15 is 0 Å². The van der Waals surface area contributed by atoms with Crippen LogP contribution in [0, 0.1) is 5.92 Å². The van der Waals surface area contributed by atoms with Crippen LogP contribution in [-0.4, -0.2) is 50.5 Å². The number of alkyl halides is 3. The van der Waals surface area contributed by atoms with Crippen molar-refractivity contribution in [3.05, 3.63) is 29.8 Å². The van der Waals surface area contributed by atoms with Crippen molar-refractivity contribution < 1.29 is 41.7 Å². The number of ether oxygens (including phenoxy) is 4. The van der Waals surface area contributed by atoms with Gasteiger partial charge >= 0.3 is 18.1 Å². The maximum absolute atomic E-state index is 13.9. The molecule has 0 radical (unpaired) electrons. The summed E-state index contributed by atoms with van der Waals surface area (Å²) in [5.74, 6) is -3.46. The third-order valence-electron chi connectivity index (χ3n) is 3.86. The maximum atomic E-state index is 13.9. The molecule has 0 aromatic heterocycles. The normalized spacial score (nSPS) is 22.8. The second-order valence-electron chi connectivity index (χ2n) is 5.59. The van der Waals surface area contributed by atoms with Gasteiger partial charge in [0, 0.05) is 5.69 Å². The number of halogens is 3. The minimum atomic E-state index is -4.95. The molecule has 1 saturated heterocycles. The molecule has 0 aliphatic carbocycles. The SMILES string of the molecule is CCOC(=O)c1ccc(N[C@]2(C(F)(F)F)OCOC[C@@H]2C(=O)OCC)cc1. The molecule has 7 nitrogen and oxygen atoms in total. The first-order valence-electron chi connectivity index (χ1n) is 8.25. The van der Waals surface area contributed by atoms with Crippen LogP contribution in [0.5, 0.6) is 0 Å². The van der Waals surface area contributed by atoms with Gasteiger partial charge in [-0.15, -0.1) is 0 Å². The molecule has 0 unspecified atom stereocenters. The Bertz CT molecular complexity index is 664. The first-order chi connectivity index (χ1) is 12.7. The highest BCUT2D eigenvalue weighted by Gasteiger charge is 2.65. The van der Waals surface area contributed by atoms with Crippen LogP contribution in [0.4, 0.5) is 18.9 Å². The topological polar surface area (TPSA) is 83.1 Å². The van der Waals surface area contributed by atoms with E-state index in [1.807, 2.05) is 0 Å². The maximum Gasteiger partial charge on any atom is 0.437 e. The van der Waals surface area contributed by atoms with E-state index in [-0.39, 0.29) is 24.5 Å². The van der Waals surface area contributed by atoms with Crippen molar-refractivity contribution in [2.24, 2.45) is 5.92 Å². The summed E-state index contributed by atoms with van der Waals surface area (Å²) in [5, 5.41) is 2.24. The Labute approximate surface area is 153 Å². The molecule has 150 valence electrons. The average Bonchev–Trinajstić information content (AvgIpc) is 2.62.